The largest absolute Gasteiger partial charge is 0.388 e. The first kappa shape index (κ1) is 22.9. The normalized spacial score (nSPS) is 20.0. The highest BCUT2D eigenvalue weighted by molar-refractivity contribution is 7.86. The maximum absolute atomic E-state index is 15.3. The number of aliphatic hydroxyl groups excluding tert-OH is 1. The Kier molecular flexibility index (Phi) is 6.79. The highest BCUT2D eigenvalue weighted by Gasteiger charge is 2.30. The summed E-state index contributed by atoms with van der Waals surface area (Å²) in [5.41, 5.74) is 2.21. The van der Waals surface area contributed by atoms with Gasteiger partial charge < -0.3 is 14.8 Å². The Labute approximate surface area is 199 Å². The highest BCUT2D eigenvalue weighted by atomic mass is 32.2. The molecule has 0 amide bonds. The number of aliphatic hydroxyl groups is 1. The zero-order valence-corrected chi connectivity index (χ0v) is 20.3. The lowest BCUT2D eigenvalue weighted by Crippen LogP contribution is -2.19. The van der Waals surface area contributed by atoms with Crippen molar-refractivity contribution in [1.82, 2.24) is 9.97 Å². The minimum absolute atomic E-state index is 0.138. The number of rotatable bonds is 8. The van der Waals surface area contributed by atoms with Gasteiger partial charge in [-0.2, -0.15) is 0 Å². The van der Waals surface area contributed by atoms with Crippen molar-refractivity contribution in [2.24, 2.45) is 5.92 Å². The van der Waals surface area contributed by atoms with E-state index in [-0.39, 0.29) is 11.7 Å². The van der Waals surface area contributed by atoms with E-state index >= 15 is 4.39 Å². The maximum Gasteiger partial charge on any atom is 0.145 e. The molecule has 2 aliphatic rings. The second-order valence-corrected chi connectivity index (χ2v) is 11.9. The Morgan fingerprint density at radius 3 is 2.61 bits per heavy atom. The van der Waals surface area contributed by atoms with E-state index in [0.29, 0.717) is 27.6 Å². The van der Waals surface area contributed by atoms with Gasteiger partial charge in [-0.05, 0) is 62.6 Å². The molecular formula is C25H29FN2O3S2. The first-order valence-electron chi connectivity index (χ1n) is 11.6. The van der Waals surface area contributed by atoms with E-state index in [1.807, 2.05) is 24.3 Å². The molecule has 1 aliphatic carbocycles. The van der Waals surface area contributed by atoms with Gasteiger partial charge in [-0.3, -0.25) is 4.21 Å². The van der Waals surface area contributed by atoms with Gasteiger partial charge in [0.05, 0.1) is 33.2 Å². The molecule has 0 spiro atoms. The van der Waals surface area contributed by atoms with Crippen LogP contribution >= 0.6 is 11.3 Å². The van der Waals surface area contributed by atoms with Crippen molar-refractivity contribution in [1.29, 1.82) is 0 Å². The molecule has 3 unspecified atom stereocenters. The predicted octanol–water partition coefficient (Wildman–Crippen LogP) is 5.55. The van der Waals surface area contributed by atoms with Gasteiger partial charge >= 0.3 is 0 Å². The summed E-state index contributed by atoms with van der Waals surface area (Å²) in [5, 5.41) is 10.8. The summed E-state index contributed by atoms with van der Waals surface area (Å²) in [6, 6.07) is 9.41. The Balaban J connectivity index is 1.46. The topological polar surface area (TPSA) is 75.2 Å². The second-order valence-electron chi connectivity index (χ2n) is 9.10. The zero-order valence-electron chi connectivity index (χ0n) is 18.6. The van der Waals surface area contributed by atoms with Crippen LogP contribution in [0.1, 0.15) is 67.2 Å². The lowest BCUT2D eigenvalue weighted by atomic mass is 9.83. The van der Waals surface area contributed by atoms with Gasteiger partial charge in [0.2, 0.25) is 0 Å². The molecule has 3 aromatic rings. The summed E-state index contributed by atoms with van der Waals surface area (Å²) in [7, 11) is -0.949. The molecule has 176 valence electrons. The van der Waals surface area contributed by atoms with Crippen molar-refractivity contribution < 1.29 is 18.4 Å². The highest BCUT2D eigenvalue weighted by Crippen LogP contribution is 2.38. The van der Waals surface area contributed by atoms with E-state index in [4.69, 9.17) is 4.74 Å². The van der Waals surface area contributed by atoms with Gasteiger partial charge in [0.1, 0.15) is 10.8 Å². The predicted molar refractivity (Wildman–Crippen MR) is 128 cm³/mol. The van der Waals surface area contributed by atoms with Gasteiger partial charge in [0, 0.05) is 41.5 Å². The third-order valence-electron chi connectivity index (χ3n) is 6.56. The van der Waals surface area contributed by atoms with Crippen LogP contribution in [0.5, 0.6) is 0 Å². The number of benzene rings is 1. The fraction of sp³-hybridized carbons (Fsp3) is 0.480. The molecule has 0 radical (unpaired) electrons. The Hall–Kier alpha value is -1.87. The molecule has 33 heavy (non-hydrogen) atoms. The number of aromatic amines is 1. The SMILES string of the molecule is CC(O)c1cnc(-c2cc(F)c(C(CC3CCOCC3)c3ccc(S(=O)C4CC4)cc3)[nH]2)s1. The van der Waals surface area contributed by atoms with E-state index in [9.17, 15) is 9.32 Å². The molecule has 2 aromatic heterocycles. The van der Waals surface area contributed by atoms with E-state index in [0.717, 1.165) is 60.7 Å². The molecular weight excluding hydrogens is 459 g/mol. The van der Waals surface area contributed by atoms with Crippen molar-refractivity contribution in [2.75, 3.05) is 13.2 Å². The molecule has 1 saturated carbocycles. The molecule has 1 saturated heterocycles. The average Bonchev–Trinajstić information content (AvgIpc) is 3.43. The van der Waals surface area contributed by atoms with Crippen LogP contribution in [0.15, 0.2) is 41.4 Å². The van der Waals surface area contributed by atoms with Gasteiger partial charge in [-0.15, -0.1) is 11.3 Å². The fourth-order valence-electron chi connectivity index (χ4n) is 4.46. The first-order chi connectivity index (χ1) is 16.0. The van der Waals surface area contributed by atoms with Gasteiger partial charge in [-0.1, -0.05) is 12.1 Å². The van der Waals surface area contributed by atoms with E-state index in [2.05, 4.69) is 9.97 Å². The molecule has 5 nitrogen and oxygen atoms in total. The fourth-order valence-corrected chi connectivity index (χ4v) is 6.64. The summed E-state index contributed by atoms with van der Waals surface area (Å²) in [4.78, 5) is 9.28. The summed E-state index contributed by atoms with van der Waals surface area (Å²) in [6.07, 6.45) is 5.87. The van der Waals surface area contributed by atoms with Gasteiger partial charge in [-0.25, -0.2) is 9.37 Å². The number of nitrogens with zero attached hydrogens (tertiary/aromatic N) is 1. The van der Waals surface area contributed by atoms with Crippen LogP contribution < -0.4 is 0 Å². The number of hydrogen-bond donors (Lipinski definition) is 2. The standard InChI is InChI=1S/C25H29FN2O3S2/c1-15(29)23-14-27-25(32-23)22-13-21(26)24(28-22)20(12-16-8-10-31-11-9-16)17-2-4-18(5-3-17)33(30)19-6-7-19/h2-5,13-16,19-20,28-29H,6-12H2,1H3. The first-order valence-corrected chi connectivity index (χ1v) is 13.6. The quantitative estimate of drug-likeness (QED) is 0.436. The van der Waals surface area contributed by atoms with Crippen molar-refractivity contribution in [3.05, 3.63) is 58.5 Å². The van der Waals surface area contributed by atoms with Crippen LogP contribution in [-0.2, 0) is 15.5 Å². The minimum Gasteiger partial charge on any atom is -0.388 e. The van der Waals surface area contributed by atoms with Crippen molar-refractivity contribution >= 4 is 22.1 Å². The molecule has 1 aliphatic heterocycles. The van der Waals surface area contributed by atoms with Crippen LogP contribution in [0, 0.1) is 11.7 Å². The number of H-pyrrole nitrogens is 1. The molecule has 1 aromatic carbocycles. The van der Waals surface area contributed by atoms with Crippen molar-refractivity contribution in [2.45, 2.75) is 61.2 Å². The lowest BCUT2D eigenvalue weighted by Gasteiger charge is -2.27. The van der Waals surface area contributed by atoms with Crippen molar-refractivity contribution in [3.8, 4) is 10.7 Å². The molecule has 0 bridgehead atoms. The molecule has 8 heteroatoms. The van der Waals surface area contributed by atoms with E-state index in [1.165, 1.54) is 17.4 Å². The third-order valence-corrected chi connectivity index (χ3v) is 9.58. The van der Waals surface area contributed by atoms with Crippen LogP contribution in [-0.4, -0.2) is 37.7 Å². The summed E-state index contributed by atoms with van der Waals surface area (Å²) in [6.45, 7) is 3.19. The molecule has 2 N–H and O–H groups in total. The van der Waals surface area contributed by atoms with E-state index < -0.39 is 16.9 Å². The van der Waals surface area contributed by atoms with Crippen LogP contribution in [0.4, 0.5) is 4.39 Å². The molecule has 3 heterocycles. The lowest BCUT2D eigenvalue weighted by molar-refractivity contribution is 0.0625. The molecule has 5 rings (SSSR count). The monoisotopic (exact) mass is 488 g/mol. The molecule has 2 fully saturated rings. The smallest absolute Gasteiger partial charge is 0.145 e. The average molecular weight is 489 g/mol. The van der Waals surface area contributed by atoms with Gasteiger partial charge in [0.25, 0.3) is 0 Å². The minimum atomic E-state index is -0.949. The number of aromatic nitrogens is 2. The zero-order chi connectivity index (χ0) is 22.9. The number of ether oxygens (including phenoxy) is 1. The molecule has 3 atom stereocenters. The second kappa shape index (κ2) is 9.78. The third kappa shape index (κ3) is 5.14. The van der Waals surface area contributed by atoms with Crippen molar-refractivity contribution in [3.63, 3.8) is 0 Å². The van der Waals surface area contributed by atoms with Crippen LogP contribution in [0.2, 0.25) is 0 Å². The number of thiazole rings is 1. The summed E-state index contributed by atoms with van der Waals surface area (Å²) < 4.78 is 33.4. The Morgan fingerprint density at radius 2 is 1.97 bits per heavy atom. The number of hydrogen-bond acceptors (Lipinski definition) is 5. The number of nitrogens with one attached hydrogen (secondary N) is 1. The maximum atomic E-state index is 15.3. The Morgan fingerprint density at radius 1 is 1.24 bits per heavy atom. The van der Waals surface area contributed by atoms with Gasteiger partial charge in [0.15, 0.2) is 0 Å². The van der Waals surface area contributed by atoms with Crippen LogP contribution in [0.3, 0.4) is 0 Å². The summed E-state index contributed by atoms with van der Waals surface area (Å²) >= 11 is 1.36. The summed E-state index contributed by atoms with van der Waals surface area (Å²) in [5.74, 6) is 0.0415. The number of halogens is 1. The Bertz CT molecular complexity index is 1120. The van der Waals surface area contributed by atoms with E-state index in [1.54, 1.807) is 13.1 Å². The van der Waals surface area contributed by atoms with Crippen LogP contribution in [0.25, 0.3) is 10.7 Å².